The van der Waals surface area contributed by atoms with E-state index in [4.69, 9.17) is 9.47 Å². The number of amides is 1. The van der Waals surface area contributed by atoms with Gasteiger partial charge in [0.15, 0.2) is 0 Å². The molecule has 1 amide bonds. The first kappa shape index (κ1) is 17.6. The zero-order valence-electron chi connectivity index (χ0n) is 12.8. The molecule has 0 saturated carbocycles. The number of carbonyl (C=O) groups excluding carboxylic acids is 1. The normalized spacial score (nSPS) is 10.5. The second-order valence-corrected chi connectivity index (χ2v) is 4.76. The van der Waals surface area contributed by atoms with Crippen LogP contribution in [0, 0.1) is 0 Å². The summed E-state index contributed by atoms with van der Waals surface area (Å²) in [6.45, 7) is 3.76. The number of hydrogen-bond donors (Lipinski definition) is 2. The van der Waals surface area contributed by atoms with E-state index in [9.17, 15) is 4.79 Å². The van der Waals surface area contributed by atoms with Crippen LogP contribution in [-0.2, 0) is 20.8 Å². The van der Waals surface area contributed by atoms with Crippen molar-refractivity contribution in [2.24, 2.45) is 0 Å². The van der Waals surface area contributed by atoms with Crippen LogP contribution in [0.1, 0.15) is 18.4 Å². The Kier molecular flexibility index (Phi) is 10.3. The molecule has 5 nitrogen and oxygen atoms in total. The average Bonchev–Trinajstić information content (AvgIpc) is 2.51. The second-order valence-electron chi connectivity index (χ2n) is 4.76. The lowest BCUT2D eigenvalue weighted by molar-refractivity contribution is -0.125. The van der Waals surface area contributed by atoms with Crippen LogP contribution in [0.4, 0.5) is 0 Å². The molecule has 0 saturated heterocycles. The molecule has 0 radical (unpaired) electrons. The number of nitrogens with one attached hydrogen (secondary N) is 2. The Labute approximate surface area is 127 Å². The molecule has 0 heterocycles. The summed E-state index contributed by atoms with van der Waals surface area (Å²) in [7, 11) is 1.65. The second kappa shape index (κ2) is 12.3. The number of rotatable bonds is 12. The van der Waals surface area contributed by atoms with Crippen LogP contribution < -0.4 is 10.6 Å². The van der Waals surface area contributed by atoms with Crippen molar-refractivity contribution in [1.82, 2.24) is 10.6 Å². The molecule has 1 aromatic carbocycles. The lowest BCUT2D eigenvalue weighted by atomic mass is 10.2. The molecule has 1 aromatic rings. The van der Waals surface area contributed by atoms with E-state index in [1.54, 1.807) is 7.11 Å². The fraction of sp³-hybridized carbons (Fsp3) is 0.562. The lowest BCUT2D eigenvalue weighted by Gasteiger charge is -2.07. The van der Waals surface area contributed by atoms with Crippen molar-refractivity contribution >= 4 is 5.91 Å². The monoisotopic (exact) mass is 294 g/mol. The average molecular weight is 294 g/mol. The maximum Gasteiger partial charge on any atom is 0.245 e. The van der Waals surface area contributed by atoms with Crippen molar-refractivity contribution in [3.8, 4) is 0 Å². The van der Waals surface area contributed by atoms with Gasteiger partial charge in [-0.1, -0.05) is 30.3 Å². The van der Waals surface area contributed by atoms with Gasteiger partial charge in [0, 0.05) is 33.4 Å². The van der Waals surface area contributed by atoms with Crippen molar-refractivity contribution in [2.75, 3.05) is 40.0 Å². The van der Waals surface area contributed by atoms with Gasteiger partial charge in [-0.3, -0.25) is 4.79 Å². The molecule has 0 aliphatic carbocycles. The van der Waals surface area contributed by atoms with Gasteiger partial charge in [-0.2, -0.15) is 0 Å². The molecule has 118 valence electrons. The third-order valence-electron chi connectivity index (χ3n) is 2.89. The fourth-order valence-electron chi connectivity index (χ4n) is 1.79. The quantitative estimate of drug-likeness (QED) is 0.571. The smallest absolute Gasteiger partial charge is 0.245 e. The molecule has 0 aromatic heterocycles. The highest BCUT2D eigenvalue weighted by Gasteiger charge is 2.00. The number of benzene rings is 1. The summed E-state index contributed by atoms with van der Waals surface area (Å²) in [6, 6.07) is 10.3. The summed E-state index contributed by atoms with van der Waals surface area (Å²) in [5.74, 6) is -0.0663. The van der Waals surface area contributed by atoms with Gasteiger partial charge in [0.25, 0.3) is 0 Å². The SMILES string of the molecule is COCCCNC(=O)COCCCNCc1ccccc1. The molecule has 0 aliphatic rings. The number of carbonyl (C=O) groups is 1. The molecule has 0 spiro atoms. The van der Waals surface area contributed by atoms with Crippen LogP contribution in [-0.4, -0.2) is 45.9 Å². The maximum absolute atomic E-state index is 11.4. The Morgan fingerprint density at radius 3 is 2.62 bits per heavy atom. The van der Waals surface area contributed by atoms with E-state index in [1.165, 1.54) is 5.56 Å². The Morgan fingerprint density at radius 1 is 1.10 bits per heavy atom. The summed E-state index contributed by atoms with van der Waals surface area (Å²) < 4.78 is 10.2. The number of ether oxygens (including phenoxy) is 2. The van der Waals surface area contributed by atoms with Crippen molar-refractivity contribution < 1.29 is 14.3 Å². The summed E-state index contributed by atoms with van der Waals surface area (Å²) in [4.78, 5) is 11.4. The van der Waals surface area contributed by atoms with E-state index in [0.717, 1.165) is 25.9 Å². The van der Waals surface area contributed by atoms with Gasteiger partial charge >= 0.3 is 0 Å². The van der Waals surface area contributed by atoms with E-state index < -0.39 is 0 Å². The van der Waals surface area contributed by atoms with Crippen molar-refractivity contribution in [1.29, 1.82) is 0 Å². The third kappa shape index (κ3) is 10.0. The number of hydrogen-bond acceptors (Lipinski definition) is 4. The summed E-state index contributed by atoms with van der Waals surface area (Å²) >= 11 is 0. The van der Waals surface area contributed by atoms with Gasteiger partial charge in [0.1, 0.15) is 6.61 Å². The summed E-state index contributed by atoms with van der Waals surface area (Å²) in [5, 5.41) is 6.13. The molecule has 0 fully saturated rings. The van der Waals surface area contributed by atoms with E-state index in [-0.39, 0.29) is 12.5 Å². The molecule has 2 N–H and O–H groups in total. The summed E-state index contributed by atoms with van der Waals surface area (Å²) in [5.41, 5.74) is 1.27. The van der Waals surface area contributed by atoms with E-state index >= 15 is 0 Å². The maximum atomic E-state index is 11.4. The van der Waals surface area contributed by atoms with Gasteiger partial charge in [0.2, 0.25) is 5.91 Å². The van der Waals surface area contributed by atoms with Crippen molar-refractivity contribution in [3.05, 3.63) is 35.9 Å². The van der Waals surface area contributed by atoms with Crippen LogP contribution in [0.15, 0.2) is 30.3 Å². The van der Waals surface area contributed by atoms with Gasteiger partial charge in [-0.25, -0.2) is 0 Å². The van der Waals surface area contributed by atoms with Gasteiger partial charge in [-0.15, -0.1) is 0 Å². The van der Waals surface area contributed by atoms with Crippen molar-refractivity contribution in [3.63, 3.8) is 0 Å². The fourth-order valence-corrected chi connectivity index (χ4v) is 1.79. The molecule has 0 atom stereocenters. The van der Waals surface area contributed by atoms with Crippen molar-refractivity contribution in [2.45, 2.75) is 19.4 Å². The molecule has 1 rings (SSSR count). The first-order valence-electron chi connectivity index (χ1n) is 7.41. The predicted molar refractivity (Wildman–Crippen MR) is 83.1 cm³/mol. The minimum atomic E-state index is -0.0663. The standard InChI is InChI=1S/C16H26N2O3/c1-20-11-6-10-18-16(19)14-21-12-5-9-17-13-15-7-3-2-4-8-15/h2-4,7-8,17H,5-6,9-14H2,1H3,(H,18,19). The van der Waals surface area contributed by atoms with Crippen LogP contribution in [0.25, 0.3) is 0 Å². The third-order valence-corrected chi connectivity index (χ3v) is 2.89. The van der Waals surface area contributed by atoms with E-state index in [2.05, 4.69) is 22.8 Å². The molecule has 0 bridgehead atoms. The largest absolute Gasteiger partial charge is 0.385 e. The Bertz CT molecular complexity index is 371. The van der Waals surface area contributed by atoms with Crippen LogP contribution in [0.3, 0.4) is 0 Å². The zero-order chi connectivity index (χ0) is 15.2. The minimum absolute atomic E-state index is 0.0663. The van der Waals surface area contributed by atoms with E-state index in [1.807, 2.05) is 18.2 Å². The number of methoxy groups -OCH3 is 1. The van der Waals surface area contributed by atoms with Gasteiger partial charge in [-0.05, 0) is 24.9 Å². The van der Waals surface area contributed by atoms with Crippen LogP contribution in [0.2, 0.25) is 0 Å². The van der Waals surface area contributed by atoms with Gasteiger partial charge < -0.3 is 20.1 Å². The summed E-state index contributed by atoms with van der Waals surface area (Å²) in [6.07, 6.45) is 1.72. The van der Waals surface area contributed by atoms with E-state index in [0.29, 0.717) is 19.8 Å². The minimum Gasteiger partial charge on any atom is -0.385 e. The lowest BCUT2D eigenvalue weighted by Crippen LogP contribution is -2.29. The first-order valence-corrected chi connectivity index (χ1v) is 7.41. The molecule has 21 heavy (non-hydrogen) atoms. The Morgan fingerprint density at radius 2 is 1.86 bits per heavy atom. The molecular formula is C16H26N2O3. The highest BCUT2D eigenvalue weighted by Crippen LogP contribution is 1.96. The van der Waals surface area contributed by atoms with Crippen LogP contribution in [0.5, 0.6) is 0 Å². The Balaban J connectivity index is 1.87. The Hall–Kier alpha value is -1.43. The highest BCUT2D eigenvalue weighted by atomic mass is 16.5. The topological polar surface area (TPSA) is 59.6 Å². The van der Waals surface area contributed by atoms with Gasteiger partial charge in [0.05, 0.1) is 0 Å². The predicted octanol–water partition coefficient (Wildman–Crippen LogP) is 1.34. The zero-order valence-corrected chi connectivity index (χ0v) is 12.8. The highest BCUT2D eigenvalue weighted by molar-refractivity contribution is 5.77. The van der Waals surface area contributed by atoms with Crippen LogP contribution >= 0.6 is 0 Å². The first-order chi connectivity index (χ1) is 10.3. The molecular weight excluding hydrogens is 268 g/mol. The molecule has 0 aliphatic heterocycles. The molecule has 0 unspecified atom stereocenters. The molecule has 5 heteroatoms.